The zero-order valence-electron chi connectivity index (χ0n) is 16.4. The van der Waals surface area contributed by atoms with Crippen molar-refractivity contribution in [3.63, 3.8) is 0 Å². The van der Waals surface area contributed by atoms with Crippen LogP contribution in [0.15, 0.2) is 52.1 Å². The number of carbonyl (C=O) groups excluding carboxylic acids is 1. The zero-order chi connectivity index (χ0) is 19.3. The fraction of sp³-hybridized carbons (Fsp3) is 0.409. The molecule has 28 heavy (non-hydrogen) atoms. The van der Waals surface area contributed by atoms with E-state index in [9.17, 15) is 4.79 Å². The molecular formula is C22H25N5O. The van der Waals surface area contributed by atoms with Crippen LogP contribution in [-0.4, -0.2) is 78.5 Å². The van der Waals surface area contributed by atoms with E-state index in [4.69, 9.17) is 4.99 Å². The van der Waals surface area contributed by atoms with Crippen molar-refractivity contribution in [3.8, 4) is 0 Å². The Balaban J connectivity index is 1.39. The molecule has 4 aliphatic heterocycles. The number of nitrogens with zero attached hydrogens (tertiary/aromatic N) is 5. The third-order valence-corrected chi connectivity index (χ3v) is 6.08. The minimum atomic E-state index is 0.0692. The van der Waals surface area contributed by atoms with Crippen molar-refractivity contribution in [2.24, 2.45) is 9.98 Å². The summed E-state index contributed by atoms with van der Waals surface area (Å²) in [5, 5.41) is 0. The number of fused-ring (bicyclic) bond motifs is 2. The van der Waals surface area contributed by atoms with E-state index < -0.39 is 0 Å². The quantitative estimate of drug-likeness (QED) is 0.814. The largest absolute Gasteiger partial charge is 0.306 e. The zero-order valence-corrected chi connectivity index (χ0v) is 16.4. The first kappa shape index (κ1) is 17.5. The maximum absolute atomic E-state index is 12.3. The average Bonchev–Trinajstić information content (AvgIpc) is 2.71. The van der Waals surface area contributed by atoms with E-state index in [1.807, 2.05) is 18.2 Å². The molecule has 5 rings (SSSR count). The van der Waals surface area contributed by atoms with Gasteiger partial charge < -0.3 is 4.90 Å². The van der Waals surface area contributed by atoms with Gasteiger partial charge in [-0.15, -0.1) is 0 Å². The number of benzene rings is 1. The topological polar surface area (TPSA) is 51.5 Å². The molecule has 0 amide bonds. The van der Waals surface area contributed by atoms with Crippen LogP contribution in [0.1, 0.15) is 28.8 Å². The lowest BCUT2D eigenvalue weighted by Gasteiger charge is -2.36. The first-order valence-corrected chi connectivity index (χ1v) is 9.96. The van der Waals surface area contributed by atoms with Gasteiger partial charge in [0, 0.05) is 24.4 Å². The number of aliphatic imine (C=N–C) groups is 2. The maximum Gasteiger partial charge on any atom is 0.185 e. The molecule has 0 N–H and O–H groups in total. The van der Waals surface area contributed by atoms with Gasteiger partial charge in [-0.05, 0) is 57.7 Å². The highest BCUT2D eigenvalue weighted by Crippen LogP contribution is 2.34. The summed E-state index contributed by atoms with van der Waals surface area (Å²) in [6.45, 7) is 3.39. The van der Waals surface area contributed by atoms with Crippen LogP contribution >= 0.6 is 0 Å². The van der Waals surface area contributed by atoms with Gasteiger partial charge in [0.1, 0.15) is 18.2 Å². The number of piperidine rings is 1. The summed E-state index contributed by atoms with van der Waals surface area (Å²) in [4.78, 5) is 28.5. The fourth-order valence-corrected chi connectivity index (χ4v) is 4.47. The van der Waals surface area contributed by atoms with E-state index in [0.29, 0.717) is 6.04 Å². The second kappa shape index (κ2) is 6.79. The van der Waals surface area contributed by atoms with Gasteiger partial charge in [-0.1, -0.05) is 18.2 Å². The molecule has 1 aromatic rings. The molecule has 0 bridgehead atoms. The van der Waals surface area contributed by atoms with Crippen molar-refractivity contribution < 1.29 is 4.79 Å². The highest BCUT2D eigenvalue weighted by molar-refractivity contribution is 6.25. The van der Waals surface area contributed by atoms with Gasteiger partial charge in [-0.25, -0.2) is 4.99 Å². The summed E-state index contributed by atoms with van der Waals surface area (Å²) in [7, 11) is 4.34. The molecule has 0 spiro atoms. The predicted molar refractivity (Wildman–Crippen MR) is 111 cm³/mol. The second-order valence-corrected chi connectivity index (χ2v) is 8.11. The van der Waals surface area contributed by atoms with E-state index in [1.54, 1.807) is 0 Å². The van der Waals surface area contributed by atoms with Crippen LogP contribution in [0.3, 0.4) is 0 Å². The average molecular weight is 375 g/mol. The van der Waals surface area contributed by atoms with Crippen LogP contribution in [0.2, 0.25) is 0 Å². The summed E-state index contributed by atoms with van der Waals surface area (Å²) < 4.78 is 0. The number of carbonyl (C=O) groups is 1. The molecule has 144 valence electrons. The summed E-state index contributed by atoms with van der Waals surface area (Å²) in [6, 6.07) is 6.44. The minimum Gasteiger partial charge on any atom is -0.306 e. The van der Waals surface area contributed by atoms with Crippen LogP contribution in [0.25, 0.3) is 0 Å². The van der Waals surface area contributed by atoms with Gasteiger partial charge in [-0.2, -0.15) is 0 Å². The molecule has 6 heteroatoms. The normalized spacial score (nSPS) is 21.9. The summed E-state index contributed by atoms with van der Waals surface area (Å²) in [5.74, 6) is 1.79. The summed E-state index contributed by atoms with van der Waals surface area (Å²) >= 11 is 0. The van der Waals surface area contributed by atoms with Gasteiger partial charge in [0.05, 0.1) is 11.3 Å². The van der Waals surface area contributed by atoms with Crippen molar-refractivity contribution in [1.82, 2.24) is 14.7 Å². The Hall–Kier alpha value is -2.57. The van der Waals surface area contributed by atoms with Crippen LogP contribution < -0.4 is 0 Å². The summed E-state index contributed by atoms with van der Waals surface area (Å²) in [5.41, 5.74) is 3.70. The van der Waals surface area contributed by atoms with Gasteiger partial charge in [0.15, 0.2) is 5.78 Å². The SMILES string of the molecule is CN(C)C1CCN(CC2=CN3C(=Nc4cccc5c4C3=NCC5=O)C=C2)CC1. The molecule has 0 unspecified atom stereocenters. The van der Waals surface area contributed by atoms with Gasteiger partial charge >= 0.3 is 0 Å². The molecule has 0 aromatic heterocycles. The first-order chi connectivity index (χ1) is 13.6. The Labute approximate surface area is 165 Å². The second-order valence-electron chi connectivity index (χ2n) is 8.11. The Kier molecular flexibility index (Phi) is 4.25. The summed E-state index contributed by atoms with van der Waals surface area (Å²) in [6.07, 6.45) is 8.80. The van der Waals surface area contributed by atoms with Crippen LogP contribution in [0.5, 0.6) is 0 Å². The number of Topliss-reactive ketones (excluding diaryl/α,β-unsaturated/α-hetero) is 1. The number of amidine groups is 2. The van der Waals surface area contributed by atoms with Crippen LogP contribution in [0.4, 0.5) is 5.69 Å². The fourth-order valence-electron chi connectivity index (χ4n) is 4.47. The van der Waals surface area contributed by atoms with Crippen molar-refractivity contribution in [1.29, 1.82) is 0 Å². The Morgan fingerprint density at radius 1 is 1.18 bits per heavy atom. The van der Waals surface area contributed by atoms with Crippen LogP contribution in [-0.2, 0) is 0 Å². The molecular weight excluding hydrogens is 350 g/mol. The van der Waals surface area contributed by atoms with Gasteiger partial charge in [0.25, 0.3) is 0 Å². The molecule has 6 nitrogen and oxygen atoms in total. The van der Waals surface area contributed by atoms with Gasteiger partial charge in [0.2, 0.25) is 0 Å². The smallest absolute Gasteiger partial charge is 0.185 e. The molecule has 0 atom stereocenters. The van der Waals surface area contributed by atoms with Crippen LogP contribution in [0, 0.1) is 0 Å². The number of ketones is 1. The highest BCUT2D eigenvalue weighted by Gasteiger charge is 2.32. The van der Waals surface area contributed by atoms with Crippen molar-refractivity contribution in [3.05, 3.63) is 53.3 Å². The predicted octanol–water partition coefficient (Wildman–Crippen LogP) is 2.45. The molecule has 0 radical (unpaired) electrons. The van der Waals surface area contributed by atoms with E-state index in [2.05, 4.69) is 52.1 Å². The van der Waals surface area contributed by atoms with Gasteiger partial charge in [-0.3, -0.25) is 19.6 Å². The highest BCUT2D eigenvalue weighted by atomic mass is 16.1. The standard InChI is InChI=1S/C22H25N5O/c1-25(2)16-8-10-26(11-9-16)13-15-6-7-20-24-18-5-3-4-17-19(28)12-23-22(21(17)18)27(20)14-15/h3-7,14,16H,8-13H2,1-2H3. The number of likely N-dealkylation sites (tertiary alicyclic amines) is 1. The molecule has 1 saturated heterocycles. The van der Waals surface area contributed by atoms with Crippen molar-refractivity contribution in [2.45, 2.75) is 18.9 Å². The Morgan fingerprint density at radius 2 is 2.00 bits per heavy atom. The first-order valence-electron chi connectivity index (χ1n) is 9.96. The van der Waals surface area contributed by atoms with E-state index in [-0.39, 0.29) is 12.3 Å². The lowest BCUT2D eigenvalue weighted by atomic mass is 9.95. The monoisotopic (exact) mass is 375 g/mol. The third kappa shape index (κ3) is 2.93. The Morgan fingerprint density at radius 3 is 2.79 bits per heavy atom. The van der Waals surface area contributed by atoms with Crippen molar-refractivity contribution >= 4 is 23.1 Å². The lowest BCUT2D eigenvalue weighted by Crippen LogP contribution is -2.43. The van der Waals surface area contributed by atoms with E-state index in [0.717, 1.165) is 48.1 Å². The number of rotatable bonds is 3. The molecule has 1 aromatic carbocycles. The molecule has 4 aliphatic rings. The molecule has 4 heterocycles. The number of hydrogen-bond acceptors (Lipinski definition) is 6. The molecule has 0 saturated carbocycles. The molecule has 1 fully saturated rings. The Bertz CT molecular complexity index is 948. The maximum atomic E-state index is 12.3. The third-order valence-electron chi connectivity index (χ3n) is 6.08. The molecule has 0 aliphatic carbocycles. The van der Waals surface area contributed by atoms with E-state index in [1.165, 1.54) is 18.4 Å². The van der Waals surface area contributed by atoms with E-state index >= 15 is 0 Å². The number of hydrogen-bond donors (Lipinski definition) is 0. The van der Waals surface area contributed by atoms with Crippen molar-refractivity contribution in [2.75, 3.05) is 40.3 Å². The minimum absolute atomic E-state index is 0.0692. The lowest BCUT2D eigenvalue weighted by molar-refractivity contribution is 0.0999.